The van der Waals surface area contributed by atoms with Crippen molar-refractivity contribution in [2.24, 2.45) is 21.6 Å². The van der Waals surface area contributed by atoms with Gasteiger partial charge in [0.1, 0.15) is 17.1 Å². The second kappa shape index (κ2) is 6.87. The van der Waals surface area contributed by atoms with Gasteiger partial charge in [0.25, 0.3) is 5.91 Å². The van der Waals surface area contributed by atoms with Gasteiger partial charge in [-0.25, -0.2) is 9.38 Å². The third-order valence-electron chi connectivity index (χ3n) is 5.21. The van der Waals surface area contributed by atoms with Crippen LogP contribution in [-0.2, 0) is 9.47 Å². The summed E-state index contributed by atoms with van der Waals surface area (Å²) in [5.74, 6) is -2.70. The summed E-state index contributed by atoms with van der Waals surface area (Å²) in [6.45, 7) is 4.44. The number of rotatable bonds is 7. The fourth-order valence-electron chi connectivity index (χ4n) is 4.03. The standard InChI is InChI=1S/C19H20BrFN4O2/c1-3-7-26-19(27-8-4-2)18(11-23)15(17(18,10-22)16(24)25-19)12-5-6-14(21)13(20)9-12/h5-6,9,15H,3-4,7-8H2,1-2H3,(H2,24,25). The van der Waals surface area contributed by atoms with E-state index < -0.39 is 28.5 Å². The Balaban J connectivity index is 2.18. The molecule has 142 valence electrons. The van der Waals surface area contributed by atoms with Gasteiger partial charge in [-0.15, -0.1) is 0 Å². The average molecular weight is 435 g/mol. The van der Waals surface area contributed by atoms with Gasteiger partial charge in [-0.05, 0) is 46.5 Å². The van der Waals surface area contributed by atoms with Crippen molar-refractivity contribution in [3.63, 3.8) is 0 Å². The third-order valence-corrected chi connectivity index (χ3v) is 5.82. The van der Waals surface area contributed by atoms with Crippen molar-refractivity contribution < 1.29 is 13.9 Å². The van der Waals surface area contributed by atoms with E-state index in [1.165, 1.54) is 6.07 Å². The van der Waals surface area contributed by atoms with E-state index in [4.69, 9.17) is 15.2 Å². The van der Waals surface area contributed by atoms with Crippen LogP contribution in [0.25, 0.3) is 0 Å². The zero-order chi connectivity index (χ0) is 19.9. The minimum Gasteiger partial charge on any atom is -0.386 e. The van der Waals surface area contributed by atoms with Gasteiger partial charge in [0.2, 0.25) is 0 Å². The lowest BCUT2D eigenvalue weighted by Crippen LogP contribution is -2.44. The number of nitriles is 2. The van der Waals surface area contributed by atoms with E-state index in [0.29, 0.717) is 31.6 Å². The van der Waals surface area contributed by atoms with Crippen LogP contribution in [0.3, 0.4) is 0 Å². The van der Waals surface area contributed by atoms with Gasteiger partial charge in [0.05, 0.1) is 29.8 Å². The molecule has 1 heterocycles. The Labute approximate surface area is 165 Å². The highest BCUT2D eigenvalue weighted by molar-refractivity contribution is 9.10. The fraction of sp³-hybridized carbons (Fsp3) is 0.526. The van der Waals surface area contributed by atoms with Gasteiger partial charge < -0.3 is 15.2 Å². The molecule has 6 nitrogen and oxygen atoms in total. The molecule has 3 atom stereocenters. The van der Waals surface area contributed by atoms with Crippen molar-refractivity contribution in [2.45, 2.75) is 38.5 Å². The largest absolute Gasteiger partial charge is 0.386 e. The molecule has 3 rings (SSSR count). The molecule has 1 fully saturated rings. The molecule has 3 unspecified atom stereocenters. The summed E-state index contributed by atoms with van der Waals surface area (Å²) in [5.41, 5.74) is 3.97. The Bertz CT molecular complexity index is 869. The first-order chi connectivity index (χ1) is 12.9. The number of ether oxygens (including phenoxy) is 2. The molecule has 0 saturated heterocycles. The van der Waals surface area contributed by atoms with Gasteiger partial charge in [0.15, 0.2) is 5.41 Å². The minimum atomic E-state index is -1.65. The van der Waals surface area contributed by atoms with Crippen molar-refractivity contribution >= 4 is 21.8 Å². The van der Waals surface area contributed by atoms with E-state index in [-0.39, 0.29) is 10.3 Å². The van der Waals surface area contributed by atoms with Gasteiger partial charge in [-0.1, -0.05) is 19.9 Å². The highest BCUT2D eigenvalue weighted by Crippen LogP contribution is 2.82. The second-order valence-electron chi connectivity index (χ2n) is 6.72. The molecule has 8 heteroatoms. The molecule has 0 aromatic heterocycles. The van der Waals surface area contributed by atoms with Crippen LogP contribution in [0.4, 0.5) is 4.39 Å². The number of amidine groups is 1. The van der Waals surface area contributed by atoms with Crippen LogP contribution in [-0.4, -0.2) is 25.0 Å². The molecule has 1 aliphatic carbocycles. The van der Waals surface area contributed by atoms with Gasteiger partial charge >= 0.3 is 0 Å². The van der Waals surface area contributed by atoms with E-state index in [0.717, 1.165) is 0 Å². The van der Waals surface area contributed by atoms with E-state index in [1.807, 2.05) is 13.8 Å². The van der Waals surface area contributed by atoms with Crippen molar-refractivity contribution in [1.29, 1.82) is 10.5 Å². The van der Waals surface area contributed by atoms with E-state index in [9.17, 15) is 14.9 Å². The maximum Gasteiger partial charge on any atom is 0.293 e. The SMILES string of the molecule is CCCOC1(OCCC)N=C(N)C2(C#N)C(c3ccc(F)c(Br)c3)C12C#N. The molecule has 27 heavy (non-hydrogen) atoms. The van der Waals surface area contributed by atoms with Crippen molar-refractivity contribution in [3.8, 4) is 12.1 Å². The molecular formula is C19H20BrFN4O2. The van der Waals surface area contributed by atoms with Crippen LogP contribution < -0.4 is 5.73 Å². The molecule has 0 amide bonds. The number of hydrogen-bond donors (Lipinski definition) is 1. The topological polar surface area (TPSA) is 104 Å². The first kappa shape index (κ1) is 19.8. The van der Waals surface area contributed by atoms with Crippen LogP contribution in [0, 0.1) is 39.3 Å². The molecule has 1 aliphatic heterocycles. The van der Waals surface area contributed by atoms with E-state index >= 15 is 0 Å². The Kier molecular flexibility index (Phi) is 5.02. The number of fused-ring (bicyclic) bond motifs is 1. The Hall–Kier alpha value is -2.00. The zero-order valence-electron chi connectivity index (χ0n) is 15.1. The number of hydrogen-bond acceptors (Lipinski definition) is 6. The summed E-state index contributed by atoms with van der Waals surface area (Å²) in [6, 6.07) is 8.86. The van der Waals surface area contributed by atoms with Crippen molar-refractivity contribution in [1.82, 2.24) is 0 Å². The first-order valence-electron chi connectivity index (χ1n) is 8.81. The van der Waals surface area contributed by atoms with E-state index in [2.05, 4.69) is 33.1 Å². The summed E-state index contributed by atoms with van der Waals surface area (Å²) >= 11 is 3.16. The fourth-order valence-corrected chi connectivity index (χ4v) is 4.43. The number of nitrogens with two attached hydrogens (primary N) is 1. The van der Waals surface area contributed by atoms with Crippen molar-refractivity contribution in [2.75, 3.05) is 13.2 Å². The van der Waals surface area contributed by atoms with Gasteiger partial charge in [-0.3, -0.25) is 0 Å². The molecule has 2 N–H and O–H groups in total. The first-order valence-corrected chi connectivity index (χ1v) is 9.61. The highest BCUT2D eigenvalue weighted by Gasteiger charge is 2.93. The van der Waals surface area contributed by atoms with Crippen LogP contribution >= 0.6 is 15.9 Å². The molecule has 0 spiro atoms. The monoisotopic (exact) mass is 434 g/mol. The van der Waals surface area contributed by atoms with Crippen LogP contribution in [0.1, 0.15) is 38.2 Å². The quantitative estimate of drug-likeness (QED) is 0.660. The van der Waals surface area contributed by atoms with Crippen LogP contribution in [0.5, 0.6) is 0 Å². The second-order valence-corrected chi connectivity index (χ2v) is 7.58. The van der Waals surface area contributed by atoms with Crippen LogP contribution in [0.15, 0.2) is 27.7 Å². The lowest BCUT2D eigenvalue weighted by Gasteiger charge is -2.32. The number of aliphatic imine (C=N–C) groups is 1. The van der Waals surface area contributed by atoms with Crippen molar-refractivity contribution in [3.05, 3.63) is 34.1 Å². The summed E-state index contributed by atoms with van der Waals surface area (Å²) in [5, 5.41) is 20.2. The number of nitrogens with zero attached hydrogens (tertiary/aromatic N) is 3. The molecule has 1 saturated carbocycles. The lowest BCUT2D eigenvalue weighted by atomic mass is 9.93. The lowest BCUT2D eigenvalue weighted by molar-refractivity contribution is -0.259. The molecule has 0 bridgehead atoms. The van der Waals surface area contributed by atoms with Crippen LogP contribution in [0.2, 0.25) is 0 Å². The van der Waals surface area contributed by atoms with Gasteiger partial charge in [-0.2, -0.15) is 10.5 Å². The minimum absolute atomic E-state index is 0.0178. The van der Waals surface area contributed by atoms with Gasteiger partial charge in [0, 0.05) is 5.92 Å². The molecular weight excluding hydrogens is 415 g/mol. The maximum absolute atomic E-state index is 13.7. The number of benzene rings is 1. The average Bonchev–Trinajstić information content (AvgIpc) is 3.24. The summed E-state index contributed by atoms with van der Waals surface area (Å²) in [6.07, 6.45) is 1.36. The van der Waals surface area contributed by atoms with E-state index in [1.54, 1.807) is 12.1 Å². The summed E-state index contributed by atoms with van der Waals surface area (Å²) in [7, 11) is 0. The number of halogens is 2. The Morgan fingerprint density at radius 1 is 1.22 bits per heavy atom. The predicted molar refractivity (Wildman–Crippen MR) is 99.8 cm³/mol. The summed E-state index contributed by atoms with van der Waals surface area (Å²) in [4.78, 5) is 4.35. The predicted octanol–water partition coefficient (Wildman–Crippen LogP) is 3.58. The molecule has 1 aromatic carbocycles. The Morgan fingerprint density at radius 2 is 1.85 bits per heavy atom. The molecule has 2 aliphatic rings. The molecule has 1 aromatic rings. The highest BCUT2D eigenvalue weighted by atomic mass is 79.9. The zero-order valence-corrected chi connectivity index (χ0v) is 16.7. The summed E-state index contributed by atoms with van der Waals surface area (Å²) < 4.78 is 25.8. The molecule has 0 radical (unpaired) electrons. The smallest absolute Gasteiger partial charge is 0.293 e. The Morgan fingerprint density at radius 3 is 2.33 bits per heavy atom. The normalized spacial score (nSPS) is 30.1. The third kappa shape index (κ3) is 2.37. The maximum atomic E-state index is 13.7.